The molecule has 0 saturated heterocycles. The third kappa shape index (κ3) is 7.94. The Morgan fingerprint density at radius 3 is 2.42 bits per heavy atom. The predicted octanol–water partition coefficient (Wildman–Crippen LogP) is -0.219. The standard InChI is InChI=1S/C8H18O4/c1-7(10)5-12-8(2)6-11-4-3-9/h7-10H,3-6H2,1-2H3. The topological polar surface area (TPSA) is 58.9 Å². The van der Waals surface area contributed by atoms with E-state index in [1.165, 1.54) is 0 Å². The van der Waals surface area contributed by atoms with Crippen molar-refractivity contribution in [2.45, 2.75) is 26.1 Å². The van der Waals surface area contributed by atoms with Crippen molar-refractivity contribution in [3.05, 3.63) is 0 Å². The minimum Gasteiger partial charge on any atom is -0.394 e. The van der Waals surface area contributed by atoms with Gasteiger partial charge in [-0.1, -0.05) is 0 Å². The van der Waals surface area contributed by atoms with E-state index in [0.717, 1.165) is 0 Å². The maximum atomic E-state index is 8.87. The second kappa shape index (κ2) is 7.49. The zero-order valence-corrected chi connectivity index (χ0v) is 7.69. The molecule has 0 fully saturated rings. The Kier molecular flexibility index (Phi) is 7.39. The van der Waals surface area contributed by atoms with Gasteiger partial charge in [-0.15, -0.1) is 0 Å². The van der Waals surface area contributed by atoms with Crippen molar-refractivity contribution in [3.8, 4) is 0 Å². The molecule has 4 heteroatoms. The molecule has 0 aliphatic heterocycles. The summed E-state index contributed by atoms with van der Waals surface area (Å²) in [7, 11) is 0. The molecule has 0 amide bonds. The van der Waals surface area contributed by atoms with Gasteiger partial charge < -0.3 is 19.7 Å². The van der Waals surface area contributed by atoms with Gasteiger partial charge in [-0.3, -0.25) is 0 Å². The summed E-state index contributed by atoms with van der Waals surface area (Å²) in [5, 5.41) is 17.3. The number of hydrogen-bond acceptors (Lipinski definition) is 4. The van der Waals surface area contributed by atoms with E-state index < -0.39 is 6.10 Å². The van der Waals surface area contributed by atoms with Gasteiger partial charge in [0.25, 0.3) is 0 Å². The van der Waals surface area contributed by atoms with Gasteiger partial charge in [-0.2, -0.15) is 0 Å². The Morgan fingerprint density at radius 1 is 1.25 bits per heavy atom. The van der Waals surface area contributed by atoms with Crippen LogP contribution in [0.25, 0.3) is 0 Å². The molecule has 0 radical (unpaired) electrons. The highest BCUT2D eigenvalue weighted by molar-refractivity contribution is 4.49. The largest absolute Gasteiger partial charge is 0.394 e. The average Bonchev–Trinajstić information content (AvgIpc) is 2.01. The zero-order chi connectivity index (χ0) is 9.40. The van der Waals surface area contributed by atoms with E-state index in [4.69, 9.17) is 19.7 Å². The van der Waals surface area contributed by atoms with Gasteiger partial charge in [0.2, 0.25) is 0 Å². The third-order valence-corrected chi connectivity index (χ3v) is 1.21. The summed E-state index contributed by atoms with van der Waals surface area (Å²) in [4.78, 5) is 0. The molecule has 0 spiro atoms. The summed E-state index contributed by atoms with van der Waals surface area (Å²) < 4.78 is 10.2. The lowest BCUT2D eigenvalue weighted by Gasteiger charge is -2.13. The lowest BCUT2D eigenvalue weighted by Crippen LogP contribution is -2.22. The number of ether oxygens (including phenoxy) is 2. The molecule has 0 aromatic heterocycles. The average molecular weight is 178 g/mol. The maximum absolute atomic E-state index is 8.87. The van der Waals surface area contributed by atoms with E-state index >= 15 is 0 Å². The van der Waals surface area contributed by atoms with E-state index in [1.807, 2.05) is 6.92 Å². The molecule has 0 aromatic rings. The van der Waals surface area contributed by atoms with Gasteiger partial charge in [0, 0.05) is 0 Å². The van der Waals surface area contributed by atoms with Crippen molar-refractivity contribution in [1.82, 2.24) is 0 Å². The summed E-state index contributed by atoms with van der Waals surface area (Å²) in [6.07, 6.45) is -0.476. The Balaban J connectivity index is 3.15. The molecule has 74 valence electrons. The van der Waals surface area contributed by atoms with Crippen LogP contribution < -0.4 is 0 Å². The van der Waals surface area contributed by atoms with Crippen LogP contribution in [0, 0.1) is 0 Å². The molecule has 0 aromatic carbocycles. The van der Waals surface area contributed by atoms with Gasteiger partial charge in [0.05, 0.1) is 38.6 Å². The van der Waals surface area contributed by atoms with E-state index in [1.54, 1.807) is 6.92 Å². The van der Waals surface area contributed by atoms with Crippen LogP contribution in [-0.2, 0) is 9.47 Å². The molecular formula is C8H18O4. The lowest BCUT2D eigenvalue weighted by atomic mass is 10.4. The van der Waals surface area contributed by atoms with Gasteiger partial charge >= 0.3 is 0 Å². The summed E-state index contributed by atoms with van der Waals surface area (Å²) >= 11 is 0. The summed E-state index contributed by atoms with van der Waals surface area (Å²) in [6.45, 7) is 4.67. The molecule has 2 N–H and O–H groups in total. The van der Waals surface area contributed by atoms with Crippen LogP contribution in [0.15, 0.2) is 0 Å². The Hall–Kier alpha value is -0.160. The van der Waals surface area contributed by atoms with Crippen molar-refractivity contribution in [1.29, 1.82) is 0 Å². The molecule has 4 nitrogen and oxygen atoms in total. The van der Waals surface area contributed by atoms with Gasteiger partial charge in [0.1, 0.15) is 0 Å². The van der Waals surface area contributed by atoms with Crippen LogP contribution in [0.1, 0.15) is 13.8 Å². The molecule has 0 saturated carbocycles. The molecule has 2 unspecified atom stereocenters. The maximum Gasteiger partial charge on any atom is 0.0781 e. The first kappa shape index (κ1) is 11.8. The number of aliphatic hydroxyl groups is 2. The van der Waals surface area contributed by atoms with Crippen LogP contribution in [-0.4, -0.2) is 48.8 Å². The quantitative estimate of drug-likeness (QED) is 0.529. The van der Waals surface area contributed by atoms with E-state index in [0.29, 0.717) is 19.8 Å². The van der Waals surface area contributed by atoms with E-state index in [9.17, 15) is 0 Å². The van der Waals surface area contributed by atoms with Crippen molar-refractivity contribution >= 4 is 0 Å². The molecule has 0 aliphatic rings. The highest BCUT2D eigenvalue weighted by atomic mass is 16.5. The van der Waals surface area contributed by atoms with Crippen molar-refractivity contribution in [2.75, 3.05) is 26.4 Å². The highest BCUT2D eigenvalue weighted by Gasteiger charge is 2.03. The smallest absolute Gasteiger partial charge is 0.0781 e. The molecule has 0 aliphatic carbocycles. The fourth-order valence-electron chi connectivity index (χ4n) is 0.665. The lowest BCUT2D eigenvalue weighted by molar-refractivity contribution is -0.0409. The number of hydrogen-bond donors (Lipinski definition) is 2. The van der Waals surface area contributed by atoms with Crippen molar-refractivity contribution in [3.63, 3.8) is 0 Å². The normalized spacial score (nSPS) is 16.0. The number of rotatable bonds is 7. The van der Waals surface area contributed by atoms with Crippen molar-refractivity contribution in [2.24, 2.45) is 0 Å². The first-order valence-electron chi connectivity index (χ1n) is 4.15. The Morgan fingerprint density at radius 2 is 1.92 bits per heavy atom. The zero-order valence-electron chi connectivity index (χ0n) is 7.69. The van der Waals surface area contributed by atoms with Gasteiger partial charge in [-0.05, 0) is 13.8 Å². The summed E-state index contributed by atoms with van der Waals surface area (Å²) in [5.74, 6) is 0. The van der Waals surface area contributed by atoms with Gasteiger partial charge in [0.15, 0.2) is 0 Å². The summed E-state index contributed by atoms with van der Waals surface area (Å²) in [5.41, 5.74) is 0. The molecule has 0 bridgehead atoms. The number of aliphatic hydroxyl groups excluding tert-OH is 2. The summed E-state index contributed by atoms with van der Waals surface area (Å²) in [6, 6.07) is 0. The van der Waals surface area contributed by atoms with E-state index in [-0.39, 0.29) is 12.7 Å². The van der Waals surface area contributed by atoms with Crippen LogP contribution >= 0.6 is 0 Å². The van der Waals surface area contributed by atoms with E-state index in [2.05, 4.69) is 0 Å². The first-order chi connectivity index (χ1) is 5.66. The minimum atomic E-state index is -0.440. The second-order valence-electron chi connectivity index (χ2n) is 2.79. The molecule has 2 atom stereocenters. The van der Waals surface area contributed by atoms with Crippen LogP contribution in [0.2, 0.25) is 0 Å². The van der Waals surface area contributed by atoms with Crippen LogP contribution in [0.3, 0.4) is 0 Å². The van der Waals surface area contributed by atoms with Gasteiger partial charge in [-0.25, -0.2) is 0 Å². The SMILES string of the molecule is CC(O)COC(C)COCCO. The highest BCUT2D eigenvalue weighted by Crippen LogP contribution is 1.93. The Bertz CT molecular complexity index is 95.1. The van der Waals surface area contributed by atoms with Crippen LogP contribution in [0.4, 0.5) is 0 Å². The molecular weight excluding hydrogens is 160 g/mol. The molecule has 12 heavy (non-hydrogen) atoms. The molecule has 0 heterocycles. The fraction of sp³-hybridized carbons (Fsp3) is 1.00. The minimum absolute atomic E-state index is 0.0309. The predicted molar refractivity (Wildman–Crippen MR) is 45.0 cm³/mol. The van der Waals surface area contributed by atoms with Crippen LogP contribution in [0.5, 0.6) is 0 Å². The monoisotopic (exact) mass is 178 g/mol. The second-order valence-corrected chi connectivity index (χ2v) is 2.79. The van der Waals surface area contributed by atoms with Crippen molar-refractivity contribution < 1.29 is 19.7 Å². The fourth-order valence-corrected chi connectivity index (χ4v) is 0.665. The Labute approximate surface area is 73.1 Å². The third-order valence-electron chi connectivity index (χ3n) is 1.21. The first-order valence-corrected chi connectivity index (χ1v) is 4.15. The molecule has 0 rings (SSSR count).